The number of ether oxygens (including phenoxy) is 9. The number of carbonyl (C=O) groups excluding carboxylic acids is 8. The molecule has 4 bridgehead atoms. The fourth-order valence-corrected chi connectivity index (χ4v) is 9.54. The Morgan fingerprint density at radius 2 is 1.46 bits per heavy atom. The Hall–Kier alpha value is -5.89. The highest BCUT2D eigenvalue weighted by molar-refractivity contribution is 5.91. The van der Waals surface area contributed by atoms with Gasteiger partial charge in [0.2, 0.25) is 0 Å². The van der Waals surface area contributed by atoms with Gasteiger partial charge < -0.3 is 52.2 Å². The first-order valence-corrected chi connectivity index (χ1v) is 19.4. The molecule has 4 aliphatic rings. The number of cyclic esters (lactones) is 1. The van der Waals surface area contributed by atoms with Gasteiger partial charge in [0.25, 0.3) is 0 Å². The molecule has 0 aromatic carbocycles. The zero-order valence-corrected chi connectivity index (χ0v) is 34.7. The van der Waals surface area contributed by atoms with Crippen molar-refractivity contribution in [3.8, 4) is 0 Å². The molecule has 330 valence electrons. The maximum atomic E-state index is 14.3. The van der Waals surface area contributed by atoms with Gasteiger partial charge in [0.15, 0.2) is 30.0 Å². The summed E-state index contributed by atoms with van der Waals surface area (Å²) in [6, 6.07) is 4.17. The molecule has 0 unspecified atom stereocenters. The first-order chi connectivity index (χ1) is 28.6. The van der Waals surface area contributed by atoms with Crippen molar-refractivity contribution in [3.05, 3.63) is 53.7 Å². The van der Waals surface area contributed by atoms with E-state index in [9.17, 15) is 43.5 Å². The smallest absolute Gasteiger partial charge is 0.341 e. The van der Waals surface area contributed by atoms with Gasteiger partial charge >= 0.3 is 47.8 Å². The van der Waals surface area contributed by atoms with Crippen LogP contribution >= 0.6 is 0 Å². The highest BCUT2D eigenvalue weighted by Crippen LogP contribution is 2.70. The van der Waals surface area contributed by atoms with Gasteiger partial charge in [0.05, 0.1) is 34.9 Å². The summed E-state index contributed by atoms with van der Waals surface area (Å²) in [4.78, 5) is 113. The first-order valence-electron chi connectivity index (χ1n) is 19.4. The van der Waals surface area contributed by atoms with E-state index in [1.165, 1.54) is 38.2 Å². The highest BCUT2D eigenvalue weighted by atomic mass is 16.7. The average molecular weight is 858 g/mol. The maximum Gasteiger partial charge on any atom is 0.341 e. The Labute approximate surface area is 348 Å². The zero-order valence-electron chi connectivity index (χ0n) is 34.7. The molecular weight excluding hydrogens is 810 g/mol. The third-order valence-corrected chi connectivity index (χ3v) is 11.8. The quantitative estimate of drug-likeness (QED) is 0.293. The molecule has 20 heteroatoms. The molecule has 20 nitrogen and oxygen atoms in total. The number of fused-ring (bicyclic) bond motifs is 5. The molecule has 0 radical (unpaired) electrons. The Bertz CT molecular complexity index is 2100. The van der Waals surface area contributed by atoms with Crippen molar-refractivity contribution >= 4 is 47.8 Å². The van der Waals surface area contributed by atoms with Gasteiger partial charge in [-0.3, -0.25) is 33.8 Å². The number of aliphatic hydroxyl groups is 1. The lowest BCUT2D eigenvalue weighted by atomic mass is 9.45. The van der Waals surface area contributed by atoms with Gasteiger partial charge in [0.1, 0.15) is 48.3 Å². The summed E-state index contributed by atoms with van der Waals surface area (Å²) < 4.78 is 60.1. The van der Waals surface area contributed by atoms with Gasteiger partial charge in [-0.1, -0.05) is 6.92 Å². The molecule has 2 aromatic heterocycles. The topological polar surface area (TPSA) is 266 Å². The molecule has 0 amide bonds. The minimum absolute atomic E-state index is 0.0163. The molecule has 2 aromatic rings. The summed E-state index contributed by atoms with van der Waals surface area (Å²) in [5.41, 5.74) is -10.3. The summed E-state index contributed by atoms with van der Waals surface area (Å²) in [7, 11) is 0. The maximum absolute atomic E-state index is 14.3. The number of hydrogen-bond donors (Lipinski definition) is 1. The Balaban J connectivity index is 1.77. The summed E-state index contributed by atoms with van der Waals surface area (Å²) in [5.74, 6) is -10.8. The summed E-state index contributed by atoms with van der Waals surface area (Å²) >= 11 is 0. The largest absolute Gasteiger partial charge is 0.472 e. The van der Waals surface area contributed by atoms with E-state index < -0.39 is 132 Å². The minimum atomic E-state index is -2.87. The number of nitrogens with zero attached hydrogens (tertiary/aromatic N) is 1. The lowest BCUT2D eigenvalue weighted by Gasteiger charge is -2.67. The van der Waals surface area contributed by atoms with Crippen LogP contribution in [0.3, 0.4) is 0 Å². The molecule has 2 aliphatic carbocycles. The summed E-state index contributed by atoms with van der Waals surface area (Å²) in [6.45, 7) is 7.05. The monoisotopic (exact) mass is 857 g/mol. The van der Waals surface area contributed by atoms with Crippen molar-refractivity contribution in [2.24, 2.45) is 17.3 Å². The van der Waals surface area contributed by atoms with Crippen molar-refractivity contribution in [3.63, 3.8) is 0 Å². The lowest BCUT2D eigenvalue weighted by molar-refractivity contribution is -0.386. The van der Waals surface area contributed by atoms with Crippen LogP contribution in [0.25, 0.3) is 0 Å². The third-order valence-electron chi connectivity index (χ3n) is 11.8. The van der Waals surface area contributed by atoms with Crippen molar-refractivity contribution in [1.29, 1.82) is 0 Å². The van der Waals surface area contributed by atoms with Crippen LogP contribution in [0.1, 0.15) is 88.2 Å². The van der Waals surface area contributed by atoms with E-state index in [0.29, 0.717) is 0 Å². The predicted octanol–water partition coefficient (Wildman–Crippen LogP) is 1.75. The number of esters is 8. The highest BCUT2D eigenvalue weighted by Gasteiger charge is 2.92. The van der Waals surface area contributed by atoms with Crippen LogP contribution < -0.4 is 0 Å². The van der Waals surface area contributed by atoms with Crippen LogP contribution in [-0.4, -0.2) is 124 Å². The Morgan fingerprint density at radius 1 is 0.836 bits per heavy atom. The molecule has 1 N–H and O–H groups in total. The van der Waals surface area contributed by atoms with Crippen LogP contribution in [0.5, 0.6) is 0 Å². The van der Waals surface area contributed by atoms with Crippen LogP contribution in [0.15, 0.2) is 41.3 Å². The average Bonchev–Trinajstić information content (AvgIpc) is 3.79. The normalized spacial score (nSPS) is 35.4. The van der Waals surface area contributed by atoms with E-state index in [1.54, 1.807) is 0 Å². The second-order valence-corrected chi connectivity index (χ2v) is 16.1. The van der Waals surface area contributed by atoms with E-state index in [2.05, 4.69) is 4.98 Å². The Kier molecular flexibility index (Phi) is 12.1. The molecule has 2 aliphatic heterocycles. The van der Waals surface area contributed by atoms with Gasteiger partial charge in [-0.25, -0.2) is 9.59 Å². The number of carbonyl (C=O) groups is 8. The molecule has 1 saturated heterocycles. The fourth-order valence-electron chi connectivity index (χ4n) is 9.54. The number of rotatable bonds is 8. The predicted molar refractivity (Wildman–Crippen MR) is 197 cm³/mol. The van der Waals surface area contributed by atoms with Crippen LogP contribution in [0.2, 0.25) is 0 Å². The molecule has 4 heterocycles. The van der Waals surface area contributed by atoms with Crippen LogP contribution in [-0.2, 0) is 77.8 Å². The van der Waals surface area contributed by atoms with Gasteiger partial charge in [-0.15, -0.1) is 0 Å². The number of aryl methyl sites for hydroxylation is 1. The SMILES string of the molecule is CC(=O)OC[C@]12[C@H](OC(C)=O)[C@@H](OC(C)=O)[C@@H]3[C@@H](OC(C)=O)[C@@]14O[C@@]3(C)COC(=O)c1cccnc1CC[C@@H](C)C(=O)O[C@@H]([C@H](OC(=O)c1ccoc1)[C@@H]2OC(C)=O)[C@@]4(C)O. The third kappa shape index (κ3) is 7.59. The molecule has 61 heavy (non-hydrogen) atoms. The summed E-state index contributed by atoms with van der Waals surface area (Å²) in [5, 5.41) is 13.6. The zero-order chi connectivity index (χ0) is 44.8. The van der Waals surface area contributed by atoms with Gasteiger partial charge in [-0.2, -0.15) is 0 Å². The van der Waals surface area contributed by atoms with Crippen molar-refractivity contribution < 1.29 is 90.5 Å². The molecule has 3 fully saturated rings. The number of aromatic nitrogens is 1. The van der Waals surface area contributed by atoms with E-state index in [-0.39, 0.29) is 29.7 Å². The van der Waals surface area contributed by atoms with Crippen LogP contribution in [0, 0.1) is 17.3 Å². The van der Waals surface area contributed by atoms with Crippen molar-refractivity contribution in [2.45, 2.75) is 122 Å². The van der Waals surface area contributed by atoms with E-state index >= 15 is 0 Å². The first kappa shape index (κ1) is 44.7. The van der Waals surface area contributed by atoms with E-state index in [1.807, 2.05) is 0 Å². The molecular formula is C41H47NO19. The molecule has 1 spiro atoms. The second-order valence-electron chi connectivity index (χ2n) is 16.1. The number of furan rings is 1. The molecule has 2 saturated carbocycles. The number of hydrogen-bond acceptors (Lipinski definition) is 20. The molecule has 12 atom stereocenters. The van der Waals surface area contributed by atoms with Crippen molar-refractivity contribution in [2.75, 3.05) is 13.2 Å². The standard InChI is InChI=1S/C41H47NO19/c1-19-11-12-27-26(10-9-14-42-27)37(50)54-17-38(7)28-29(55-21(3)44)33(57-23(5)46)40(18-53-20(2)43)34(58-24(6)47)30(59-36(49)25-13-15-52-16-25)32(60-35(19)48)39(8,51)41(40,61-38)31(28)56-22(4)45/h9-10,13-16,19,28-34,51H,11-12,17-18H2,1-8H3/t19-,28-,29+,30+,31-,32+,33-,34+,38+,39-,40-,41+/m1/s1. The van der Waals surface area contributed by atoms with E-state index in [0.717, 1.165) is 54.1 Å². The second kappa shape index (κ2) is 16.5. The number of pyridine rings is 1. The lowest BCUT2D eigenvalue weighted by Crippen LogP contribution is -2.89. The van der Waals surface area contributed by atoms with Gasteiger partial charge in [0, 0.05) is 40.8 Å². The van der Waals surface area contributed by atoms with Crippen molar-refractivity contribution in [1.82, 2.24) is 4.98 Å². The minimum Gasteiger partial charge on any atom is -0.472 e. The van der Waals surface area contributed by atoms with Crippen LogP contribution in [0.4, 0.5) is 0 Å². The summed E-state index contributed by atoms with van der Waals surface area (Å²) in [6.07, 6.45) is -8.59. The molecule has 6 rings (SSSR count). The fraction of sp³-hybridized carbons (Fsp3) is 0.585. The Morgan fingerprint density at radius 3 is 2.05 bits per heavy atom. The van der Waals surface area contributed by atoms with Gasteiger partial charge in [-0.05, 0) is 44.9 Å². The van der Waals surface area contributed by atoms with E-state index in [4.69, 9.17) is 47.0 Å².